The van der Waals surface area contributed by atoms with E-state index in [2.05, 4.69) is 15.0 Å². The number of ether oxygens (including phenoxy) is 1. The number of aromatic nitrogens is 1. The average molecular weight is 352 g/mol. The van der Waals surface area contributed by atoms with E-state index in [4.69, 9.17) is 10.5 Å². The number of hydrogen-bond acceptors (Lipinski definition) is 6. The Hall–Kier alpha value is -3.01. The van der Waals surface area contributed by atoms with E-state index in [1.807, 2.05) is 0 Å². The molecule has 1 heterocycles. The number of benzene rings is 1. The second kappa shape index (κ2) is 6.62. The van der Waals surface area contributed by atoms with Crippen LogP contribution in [0.25, 0.3) is 0 Å². The van der Waals surface area contributed by atoms with Crippen molar-refractivity contribution in [3.63, 3.8) is 0 Å². The van der Waals surface area contributed by atoms with Crippen LogP contribution >= 0.6 is 0 Å². The van der Waals surface area contributed by atoms with Gasteiger partial charge in [0, 0.05) is 12.1 Å². The number of aromatic amines is 1. The molecule has 0 aliphatic heterocycles. The molecule has 0 aliphatic rings. The van der Waals surface area contributed by atoms with Crippen molar-refractivity contribution >= 4 is 33.1 Å². The van der Waals surface area contributed by atoms with E-state index < -0.39 is 21.5 Å². The third kappa shape index (κ3) is 4.26. The maximum absolute atomic E-state index is 12.3. The topological polar surface area (TPSA) is 143 Å². The molecule has 0 atom stereocenters. The quantitative estimate of drug-likeness (QED) is 0.620. The zero-order valence-electron chi connectivity index (χ0n) is 12.9. The van der Waals surface area contributed by atoms with Crippen LogP contribution in [0.5, 0.6) is 5.75 Å². The maximum atomic E-state index is 12.3. The number of carbonyl (C=O) groups is 1. The van der Waals surface area contributed by atoms with E-state index in [1.54, 1.807) is 0 Å². The minimum absolute atomic E-state index is 0.0629. The number of H-pyrrole nitrogens is 1. The molecule has 24 heavy (non-hydrogen) atoms. The van der Waals surface area contributed by atoms with Crippen LogP contribution in [-0.4, -0.2) is 32.7 Å². The van der Waals surface area contributed by atoms with E-state index >= 15 is 0 Å². The second-order valence-electron chi connectivity index (χ2n) is 4.90. The molecule has 0 saturated heterocycles. The highest BCUT2D eigenvalue weighted by Crippen LogP contribution is 2.25. The minimum atomic E-state index is -3.46. The zero-order chi connectivity index (χ0) is 17.9. The summed E-state index contributed by atoms with van der Waals surface area (Å²) in [6.07, 6.45) is 1.01. The normalized spacial score (nSPS) is 10.9. The number of anilines is 3. The Morgan fingerprint density at radius 1 is 1.25 bits per heavy atom. The van der Waals surface area contributed by atoms with Crippen LogP contribution in [0.15, 0.2) is 35.1 Å². The molecule has 0 aliphatic carbocycles. The predicted molar refractivity (Wildman–Crippen MR) is 90.9 cm³/mol. The number of pyridine rings is 1. The molecule has 0 saturated carbocycles. The van der Waals surface area contributed by atoms with Gasteiger partial charge in [-0.3, -0.25) is 14.3 Å². The summed E-state index contributed by atoms with van der Waals surface area (Å²) in [7, 11) is -2.11. The predicted octanol–water partition coefficient (Wildman–Crippen LogP) is 0.589. The minimum Gasteiger partial charge on any atom is -0.496 e. The number of nitrogens with two attached hydrogens (primary N) is 1. The molecule has 9 nitrogen and oxygen atoms in total. The van der Waals surface area contributed by atoms with Crippen LogP contribution < -0.4 is 26.1 Å². The van der Waals surface area contributed by atoms with Gasteiger partial charge >= 0.3 is 0 Å². The molecule has 0 fully saturated rings. The number of amides is 1. The van der Waals surface area contributed by atoms with Crippen molar-refractivity contribution in [2.24, 2.45) is 0 Å². The van der Waals surface area contributed by atoms with Gasteiger partial charge in [-0.25, -0.2) is 8.42 Å². The monoisotopic (exact) mass is 352 g/mol. The van der Waals surface area contributed by atoms with E-state index in [0.717, 1.165) is 6.26 Å². The Bertz CT molecular complexity index is 936. The van der Waals surface area contributed by atoms with E-state index in [1.165, 1.54) is 37.4 Å². The molecule has 10 heteroatoms. The van der Waals surface area contributed by atoms with Crippen molar-refractivity contribution in [1.82, 2.24) is 4.98 Å². The summed E-state index contributed by atoms with van der Waals surface area (Å²) in [5, 5.41) is 2.47. The summed E-state index contributed by atoms with van der Waals surface area (Å²) in [4.78, 5) is 26.1. The highest BCUT2D eigenvalue weighted by Gasteiger charge is 2.15. The van der Waals surface area contributed by atoms with Crippen molar-refractivity contribution in [3.05, 3.63) is 46.2 Å². The smallest absolute Gasteiger partial charge is 0.260 e. The van der Waals surface area contributed by atoms with Crippen molar-refractivity contribution in [2.45, 2.75) is 0 Å². The van der Waals surface area contributed by atoms with Crippen LogP contribution in [0.4, 0.5) is 17.2 Å². The molecule has 0 unspecified atom stereocenters. The number of hydrogen-bond donors (Lipinski definition) is 4. The van der Waals surface area contributed by atoms with E-state index in [-0.39, 0.29) is 28.5 Å². The van der Waals surface area contributed by atoms with Crippen molar-refractivity contribution in [2.75, 3.05) is 29.1 Å². The highest BCUT2D eigenvalue weighted by atomic mass is 32.2. The van der Waals surface area contributed by atoms with Crippen LogP contribution in [0.3, 0.4) is 0 Å². The molecule has 1 aromatic carbocycles. The van der Waals surface area contributed by atoms with Gasteiger partial charge in [0.15, 0.2) is 0 Å². The molecule has 0 bridgehead atoms. The van der Waals surface area contributed by atoms with Gasteiger partial charge in [-0.15, -0.1) is 0 Å². The van der Waals surface area contributed by atoms with Crippen molar-refractivity contribution in [3.8, 4) is 5.75 Å². The summed E-state index contributed by atoms with van der Waals surface area (Å²) in [5.74, 6) is -0.364. The number of rotatable bonds is 5. The molecular weight excluding hydrogens is 336 g/mol. The molecule has 1 amide bonds. The molecule has 0 radical (unpaired) electrons. The summed E-state index contributed by atoms with van der Waals surface area (Å²) in [6.45, 7) is 0. The van der Waals surface area contributed by atoms with Crippen LogP contribution in [-0.2, 0) is 10.0 Å². The lowest BCUT2D eigenvalue weighted by atomic mass is 10.1. The van der Waals surface area contributed by atoms with Crippen molar-refractivity contribution < 1.29 is 17.9 Å². The SMILES string of the molecule is COc1cc(NS(C)(=O)=O)ccc1C(=O)Nc1[nH]c(=O)ccc1N. The molecule has 2 aromatic rings. The fourth-order valence-electron chi connectivity index (χ4n) is 1.93. The first kappa shape index (κ1) is 17.3. The number of carbonyl (C=O) groups excluding carboxylic acids is 1. The molecule has 5 N–H and O–H groups in total. The summed E-state index contributed by atoms with van der Waals surface area (Å²) < 4.78 is 29.9. The lowest BCUT2D eigenvalue weighted by Gasteiger charge is -2.12. The van der Waals surface area contributed by atoms with Crippen LogP contribution in [0.2, 0.25) is 0 Å². The summed E-state index contributed by atoms with van der Waals surface area (Å²) >= 11 is 0. The van der Waals surface area contributed by atoms with Gasteiger partial charge in [0.25, 0.3) is 5.91 Å². The van der Waals surface area contributed by atoms with Gasteiger partial charge in [-0.2, -0.15) is 0 Å². The fourth-order valence-corrected chi connectivity index (χ4v) is 2.48. The molecule has 2 rings (SSSR count). The third-order valence-corrected chi connectivity index (χ3v) is 3.55. The largest absolute Gasteiger partial charge is 0.496 e. The molecule has 128 valence electrons. The van der Waals surface area contributed by atoms with Gasteiger partial charge in [0.1, 0.15) is 11.6 Å². The Labute approximate surface area is 137 Å². The number of sulfonamides is 1. The number of methoxy groups -OCH3 is 1. The Morgan fingerprint density at radius 3 is 2.58 bits per heavy atom. The third-order valence-electron chi connectivity index (χ3n) is 2.94. The second-order valence-corrected chi connectivity index (χ2v) is 6.64. The van der Waals surface area contributed by atoms with E-state index in [0.29, 0.717) is 0 Å². The lowest BCUT2D eigenvalue weighted by molar-refractivity contribution is 0.102. The van der Waals surface area contributed by atoms with Gasteiger partial charge in [0.05, 0.1) is 30.3 Å². The van der Waals surface area contributed by atoms with Gasteiger partial charge in [-0.05, 0) is 18.2 Å². The average Bonchev–Trinajstić information content (AvgIpc) is 2.49. The fraction of sp³-hybridized carbons (Fsp3) is 0.143. The summed E-state index contributed by atoms with van der Waals surface area (Å²) in [6, 6.07) is 6.77. The zero-order valence-corrected chi connectivity index (χ0v) is 13.7. The number of nitrogens with one attached hydrogen (secondary N) is 3. The first-order chi connectivity index (χ1) is 11.2. The highest BCUT2D eigenvalue weighted by molar-refractivity contribution is 7.92. The lowest BCUT2D eigenvalue weighted by Crippen LogP contribution is -2.18. The van der Waals surface area contributed by atoms with Crippen molar-refractivity contribution in [1.29, 1.82) is 0 Å². The molecular formula is C14H16N4O5S. The van der Waals surface area contributed by atoms with Gasteiger partial charge in [0.2, 0.25) is 15.6 Å². The Kier molecular flexibility index (Phi) is 4.79. The molecule has 0 spiro atoms. The maximum Gasteiger partial charge on any atom is 0.260 e. The van der Waals surface area contributed by atoms with Gasteiger partial charge in [-0.1, -0.05) is 0 Å². The molecule has 1 aromatic heterocycles. The Balaban J connectivity index is 2.32. The first-order valence-corrected chi connectivity index (χ1v) is 8.55. The number of nitrogen functional groups attached to an aromatic ring is 1. The van der Waals surface area contributed by atoms with E-state index in [9.17, 15) is 18.0 Å². The van der Waals surface area contributed by atoms with Crippen LogP contribution in [0, 0.1) is 0 Å². The first-order valence-electron chi connectivity index (χ1n) is 6.65. The Morgan fingerprint density at radius 2 is 1.96 bits per heavy atom. The van der Waals surface area contributed by atoms with Gasteiger partial charge < -0.3 is 20.8 Å². The van der Waals surface area contributed by atoms with Crippen LogP contribution in [0.1, 0.15) is 10.4 Å². The standard InChI is InChI=1S/C14H16N4O5S/c1-23-11-7-8(18-24(2,21)22)3-4-9(11)14(20)17-13-10(15)5-6-12(19)16-13/h3-7,18H,15H2,1-2H3,(H2,16,17,19,20). The summed E-state index contributed by atoms with van der Waals surface area (Å²) in [5.41, 5.74) is 5.85.